The topological polar surface area (TPSA) is 101 Å². The lowest BCUT2D eigenvalue weighted by Crippen LogP contribution is -2.44. The Labute approximate surface area is 176 Å². The van der Waals surface area contributed by atoms with Crippen LogP contribution in [0.4, 0.5) is 18.0 Å². The molecule has 9 nitrogen and oxygen atoms in total. The van der Waals surface area contributed by atoms with Gasteiger partial charge >= 0.3 is 6.03 Å². The molecule has 1 atom stereocenters. The van der Waals surface area contributed by atoms with Crippen molar-refractivity contribution in [1.29, 1.82) is 0 Å². The number of urea groups is 1. The third-order valence-corrected chi connectivity index (χ3v) is 4.76. The Hall–Kier alpha value is -3.15. The van der Waals surface area contributed by atoms with E-state index in [1.165, 1.54) is 42.3 Å². The predicted octanol–water partition coefficient (Wildman–Crippen LogP) is 1.41. The van der Waals surface area contributed by atoms with E-state index in [2.05, 4.69) is 20.9 Å². The Balaban J connectivity index is 1.60. The Morgan fingerprint density at radius 3 is 2.71 bits per heavy atom. The number of rotatable bonds is 8. The molecule has 1 aliphatic heterocycles. The second-order valence-corrected chi connectivity index (χ2v) is 7.20. The third kappa shape index (κ3) is 6.17. The molecule has 12 heteroatoms. The Kier molecular flexibility index (Phi) is 7.10. The smallest absolute Gasteiger partial charge is 0.318 e. The standard InChI is InChI=1S/C19H23F3N6O3/c1-31-7-6-23-17(29)16-11-27(26-25-16)10-15-8-19(21,22)12-28(15)18(30)24-9-13-2-4-14(20)5-3-13/h2-5,11,15H,6-10,12H2,1H3,(H,23,29)(H,24,30). The number of hydrogen-bond acceptors (Lipinski definition) is 5. The van der Waals surface area contributed by atoms with Crippen LogP contribution in [0.2, 0.25) is 0 Å². The zero-order valence-electron chi connectivity index (χ0n) is 16.9. The van der Waals surface area contributed by atoms with Crippen molar-refractivity contribution in [3.05, 3.63) is 47.5 Å². The van der Waals surface area contributed by atoms with E-state index in [1.54, 1.807) is 0 Å². The Bertz CT molecular complexity index is 906. The number of nitrogens with zero attached hydrogens (tertiary/aromatic N) is 4. The first-order valence-corrected chi connectivity index (χ1v) is 9.61. The van der Waals surface area contributed by atoms with Gasteiger partial charge in [-0.2, -0.15) is 0 Å². The first kappa shape index (κ1) is 22.5. The number of methoxy groups -OCH3 is 1. The molecule has 2 aromatic rings. The molecule has 1 aromatic heterocycles. The molecule has 168 valence electrons. The maximum absolute atomic E-state index is 14.0. The first-order valence-electron chi connectivity index (χ1n) is 9.61. The lowest BCUT2D eigenvalue weighted by atomic mass is 10.2. The van der Waals surface area contributed by atoms with E-state index in [0.29, 0.717) is 18.7 Å². The van der Waals surface area contributed by atoms with E-state index in [0.717, 1.165) is 4.90 Å². The summed E-state index contributed by atoms with van der Waals surface area (Å²) in [6, 6.07) is 4.00. The summed E-state index contributed by atoms with van der Waals surface area (Å²) in [6.45, 7) is -0.0784. The number of likely N-dealkylation sites (tertiary alicyclic amines) is 1. The molecule has 1 saturated heterocycles. The van der Waals surface area contributed by atoms with Crippen molar-refractivity contribution >= 4 is 11.9 Å². The van der Waals surface area contributed by atoms with Gasteiger partial charge in [-0.25, -0.2) is 22.6 Å². The SMILES string of the molecule is COCCNC(=O)c1cn(CC2CC(F)(F)CN2C(=O)NCc2ccc(F)cc2)nn1. The molecule has 1 aliphatic rings. The van der Waals surface area contributed by atoms with Crippen LogP contribution in [0.5, 0.6) is 0 Å². The maximum Gasteiger partial charge on any atom is 0.318 e. The zero-order chi connectivity index (χ0) is 22.4. The summed E-state index contributed by atoms with van der Waals surface area (Å²) in [5, 5.41) is 12.7. The van der Waals surface area contributed by atoms with Crippen LogP contribution >= 0.6 is 0 Å². The van der Waals surface area contributed by atoms with Gasteiger partial charge in [0.25, 0.3) is 11.8 Å². The van der Waals surface area contributed by atoms with Gasteiger partial charge in [-0.15, -0.1) is 5.10 Å². The molecule has 1 fully saturated rings. The van der Waals surface area contributed by atoms with Gasteiger partial charge < -0.3 is 20.3 Å². The number of ether oxygens (including phenoxy) is 1. The fourth-order valence-electron chi connectivity index (χ4n) is 3.24. The highest BCUT2D eigenvalue weighted by Crippen LogP contribution is 2.32. The van der Waals surface area contributed by atoms with E-state index < -0.39 is 42.7 Å². The lowest BCUT2D eigenvalue weighted by molar-refractivity contribution is 0.0145. The molecule has 0 aliphatic carbocycles. The number of carbonyl (C=O) groups excluding carboxylic acids is 2. The number of carbonyl (C=O) groups is 2. The van der Waals surface area contributed by atoms with Gasteiger partial charge in [0, 0.05) is 26.6 Å². The van der Waals surface area contributed by atoms with Crippen LogP contribution in [0.25, 0.3) is 0 Å². The van der Waals surface area contributed by atoms with Crippen molar-refractivity contribution in [2.45, 2.75) is 31.5 Å². The molecule has 1 aromatic carbocycles. The average Bonchev–Trinajstić information content (AvgIpc) is 3.31. The number of amides is 3. The van der Waals surface area contributed by atoms with Crippen LogP contribution in [-0.4, -0.2) is 70.6 Å². The lowest BCUT2D eigenvalue weighted by Gasteiger charge is -2.24. The largest absolute Gasteiger partial charge is 0.383 e. The summed E-state index contributed by atoms with van der Waals surface area (Å²) in [7, 11) is 1.50. The van der Waals surface area contributed by atoms with Crippen molar-refractivity contribution in [3.8, 4) is 0 Å². The minimum Gasteiger partial charge on any atom is -0.383 e. The molecule has 0 bridgehead atoms. The van der Waals surface area contributed by atoms with Gasteiger partial charge in [0.2, 0.25) is 0 Å². The maximum atomic E-state index is 14.0. The van der Waals surface area contributed by atoms with E-state index in [9.17, 15) is 22.8 Å². The fourth-order valence-corrected chi connectivity index (χ4v) is 3.24. The van der Waals surface area contributed by atoms with E-state index >= 15 is 0 Å². The Morgan fingerprint density at radius 2 is 2.00 bits per heavy atom. The minimum absolute atomic E-state index is 0.0353. The summed E-state index contributed by atoms with van der Waals surface area (Å²) >= 11 is 0. The average molecular weight is 440 g/mol. The molecular formula is C19H23F3N6O3. The second-order valence-electron chi connectivity index (χ2n) is 7.20. The molecule has 3 amide bonds. The van der Waals surface area contributed by atoms with Gasteiger partial charge in [0.1, 0.15) is 5.82 Å². The molecule has 31 heavy (non-hydrogen) atoms. The number of alkyl halides is 2. The van der Waals surface area contributed by atoms with Crippen LogP contribution in [0.1, 0.15) is 22.5 Å². The van der Waals surface area contributed by atoms with Crippen molar-refractivity contribution < 1.29 is 27.5 Å². The molecule has 2 N–H and O–H groups in total. The van der Waals surface area contributed by atoms with Crippen LogP contribution < -0.4 is 10.6 Å². The van der Waals surface area contributed by atoms with Gasteiger partial charge in [-0.3, -0.25) is 4.79 Å². The summed E-state index contributed by atoms with van der Waals surface area (Å²) in [6.07, 6.45) is 0.805. The molecule has 1 unspecified atom stereocenters. The number of benzene rings is 1. The minimum atomic E-state index is -3.04. The van der Waals surface area contributed by atoms with Crippen molar-refractivity contribution in [1.82, 2.24) is 30.5 Å². The highest BCUT2D eigenvalue weighted by molar-refractivity contribution is 5.91. The van der Waals surface area contributed by atoms with Crippen LogP contribution in [0, 0.1) is 5.82 Å². The van der Waals surface area contributed by atoms with Gasteiger partial charge in [0.15, 0.2) is 5.69 Å². The van der Waals surface area contributed by atoms with Crippen molar-refractivity contribution in [2.75, 3.05) is 26.8 Å². The summed E-state index contributed by atoms with van der Waals surface area (Å²) in [4.78, 5) is 25.6. The third-order valence-electron chi connectivity index (χ3n) is 4.76. The van der Waals surface area contributed by atoms with Crippen LogP contribution in [-0.2, 0) is 17.8 Å². The van der Waals surface area contributed by atoms with Gasteiger partial charge in [0.05, 0.1) is 31.9 Å². The fraction of sp³-hybridized carbons (Fsp3) is 0.474. The number of nitrogens with one attached hydrogen (secondary N) is 2. The van der Waals surface area contributed by atoms with Crippen molar-refractivity contribution in [2.24, 2.45) is 0 Å². The van der Waals surface area contributed by atoms with Gasteiger partial charge in [-0.05, 0) is 17.7 Å². The van der Waals surface area contributed by atoms with Crippen LogP contribution in [0.3, 0.4) is 0 Å². The highest BCUT2D eigenvalue weighted by Gasteiger charge is 2.47. The molecule has 3 rings (SSSR count). The molecule has 0 radical (unpaired) electrons. The molecular weight excluding hydrogens is 417 g/mol. The summed E-state index contributed by atoms with van der Waals surface area (Å²) in [5.41, 5.74) is 0.672. The summed E-state index contributed by atoms with van der Waals surface area (Å²) < 4.78 is 47.2. The zero-order valence-corrected chi connectivity index (χ0v) is 16.9. The first-order chi connectivity index (χ1) is 14.8. The highest BCUT2D eigenvalue weighted by atomic mass is 19.3. The molecule has 2 heterocycles. The van der Waals surface area contributed by atoms with Crippen molar-refractivity contribution in [3.63, 3.8) is 0 Å². The van der Waals surface area contributed by atoms with Crippen LogP contribution in [0.15, 0.2) is 30.5 Å². The molecule has 0 spiro atoms. The predicted molar refractivity (Wildman–Crippen MR) is 103 cm³/mol. The van der Waals surface area contributed by atoms with E-state index in [1.807, 2.05) is 0 Å². The normalized spacial score (nSPS) is 17.5. The second kappa shape index (κ2) is 9.77. The summed E-state index contributed by atoms with van der Waals surface area (Å²) in [5.74, 6) is -3.92. The monoisotopic (exact) mass is 440 g/mol. The van der Waals surface area contributed by atoms with E-state index in [-0.39, 0.29) is 18.8 Å². The number of hydrogen-bond donors (Lipinski definition) is 2. The quantitative estimate of drug-likeness (QED) is 0.605. The molecule has 0 saturated carbocycles. The van der Waals surface area contributed by atoms with Gasteiger partial charge in [-0.1, -0.05) is 17.3 Å². The number of halogens is 3. The van der Waals surface area contributed by atoms with E-state index in [4.69, 9.17) is 4.74 Å². The number of aromatic nitrogens is 3. The Morgan fingerprint density at radius 1 is 1.26 bits per heavy atom.